The molecule has 0 saturated heterocycles. The van der Waals surface area contributed by atoms with E-state index in [4.69, 9.17) is 0 Å². The molecule has 2 rings (SSSR count). The van der Waals surface area contributed by atoms with Gasteiger partial charge in [-0.15, -0.1) is 13.2 Å². The first kappa shape index (κ1) is 13.5. The van der Waals surface area contributed by atoms with E-state index in [1.807, 2.05) is 6.07 Å². The van der Waals surface area contributed by atoms with Gasteiger partial charge < -0.3 is 0 Å². The van der Waals surface area contributed by atoms with E-state index in [1.54, 1.807) is 30.5 Å². The Morgan fingerprint density at radius 1 is 1.16 bits per heavy atom. The van der Waals surface area contributed by atoms with E-state index in [0.29, 0.717) is 11.3 Å². The summed E-state index contributed by atoms with van der Waals surface area (Å²) in [5.74, 6) is -0.0600. The van der Waals surface area contributed by atoms with Crippen LogP contribution in [0.4, 0.5) is 0 Å². The lowest BCUT2D eigenvalue weighted by atomic mass is 10.1. The van der Waals surface area contributed by atoms with Crippen LogP contribution < -0.4 is 0 Å². The molecule has 0 aliphatic heterocycles. The second-order valence-corrected chi connectivity index (χ2v) is 6.24. The number of hydrogen-bond donors (Lipinski definition) is 0. The van der Waals surface area contributed by atoms with Crippen LogP contribution in [0.15, 0.2) is 60.7 Å². The average Bonchev–Trinajstić information content (AvgIpc) is 2.39. The van der Waals surface area contributed by atoms with Gasteiger partial charge in [0.15, 0.2) is 9.84 Å². The maximum Gasteiger partial charge on any atom is 0.181 e. The summed E-state index contributed by atoms with van der Waals surface area (Å²) in [6.07, 6.45) is 5.49. The van der Waals surface area contributed by atoms with Gasteiger partial charge in [-0.05, 0) is 23.6 Å². The fourth-order valence-electron chi connectivity index (χ4n) is 1.95. The summed E-state index contributed by atoms with van der Waals surface area (Å²) < 4.78 is 24.1. The summed E-state index contributed by atoms with van der Waals surface area (Å²) in [4.78, 5) is 4.58. The molecule has 0 saturated carbocycles. The monoisotopic (exact) mass is 273 g/mol. The van der Waals surface area contributed by atoms with Gasteiger partial charge in [-0.3, -0.25) is 4.98 Å². The Bertz CT molecular complexity index is 733. The first-order valence-corrected chi connectivity index (χ1v) is 7.56. The Balaban J connectivity index is 2.65. The fourth-order valence-corrected chi connectivity index (χ4v) is 3.03. The molecule has 2 aromatic rings. The topological polar surface area (TPSA) is 47.0 Å². The summed E-state index contributed by atoms with van der Waals surface area (Å²) in [6.45, 7) is 7.17. The Kier molecular flexibility index (Phi) is 3.81. The number of fused-ring (bicyclic) bond motifs is 1. The molecule has 0 aliphatic rings. The second-order valence-electron chi connectivity index (χ2n) is 4.20. The molecule has 0 unspecified atom stereocenters. The SMILES string of the molecule is C=CCc1nccc2ccc(S(=O)(=O)CC=C)cc12. The van der Waals surface area contributed by atoms with Crippen molar-refractivity contribution in [3.05, 3.63) is 61.5 Å². The highest BCUT2D eigenvalue weighted by Crippen LogP contribution is 2.22. The molecule has 0 atom stereocenters. The third-order valence-corrected chi connectivity index (χ3v) is 4.50. The van der Waals surface area contributed by atoms with E-state index >= 15 is 0 Å². The predicted molar refractivity (Wildman–Crippen MR) is 77.9 cm³/mol. The number of nitrogens with zero attached hydrogens (tertiary/aromatic N) is 1. The predicted octanol–water partition coefficient (Wildman–Crippen LogP) is 2.92. The van der Waals surface area contributed by atoms with Crippen LogP contribution in [0.5, 0.6) is 0 Å². The van der Waals surface area contributed by atoms with Gasteiger partial charge in [-0.1, -0.05) is 18.2 Å². The van der Waals surface area contributed by atoms with E-state index in [9.17, 15) is 8.42 Å². The molecule has 4 heteroatoms. The lowest BCUT2D eigenvalue weighted by molar-refractivity contribution is 0.599. The number of hydrogen-bond acceptors (Lipinski definition) is 3. The molecule has 0 radical (unpaired) electrons. The van der Waals surface area contributed by atoms with Crippen molar-refractivity contribution < 1.29 is 8.42 Å². The van der Waals surface area contributed by atoms with Crippen LogP contribution in [-0.2, 0) is 16.3 Å². The molecule has 0 spiro atoms. The molecule has 0 fully saturated rings. The van der Waals surface area contributed by atoms with Crippen molar-refractivity contribution in [3.8, 4) is 0 Å². The molecule has 0 bridgehead atoms. The molecule has 19 heavy (non-hydrogen) atoms. The van der Waals surface area contributed by atoms with E-state index in [-0.39, 0.29) is 5.75 Å². The van der Waals surface area contributed by atoms with E-state index in [0.717, 1.165) is 16.5 Å². The van der Waals surface area contributed by atoms with Crippen LogP contribution in [0, 0.1) is 0 Å². The minimum Gasteiger partial charge on any atom is -0.260 e. The maximum atomic E-state index is 12.0. The van der Waals surface area contributed by atoms with Gasteiger partial charge in [-0.2, -0.15) is 0 Å². The molecule has 0 aliphatic carbocycles. The minimum absolute atomic E-state index is 0.0600. The van der Waals surface area contributed by atoms with Crippen LogP contribution in [-0.4, -0.2) is 19.2 Å². The molecule has 0 N–H and O–H groups in total. The van der Waals surface area contributed by atoms with Gasteiger partial charge in [0.1, 0.15) is 0 Å². The zero-order chi connectivity index (χ0) is 13.9. The summed E-state index contributed by atoms with van der Waals surface area (Å²) in [5.41, 5.74) is 0.836. The summed E-state index contributed by atoms with van der Waals surface area (Å²) >= 11 is 0. The van der Waals surface area contributed by atoms with E-state index in [1.165, 1.54) is 6.08 Å². The van der Waals surface area contributed by atoms with Gasteiger partial charge in [0.2, 0.25) is 0 Å². The number of sulfone groups is 1. The van der Waals surface area contributed by atoms with Gasteiger partial charge in [0, 0.05) is 18.0 Å². The quantitative estimate of drug-likeness (QED) is 0.787. The Morgan fingerprint density at radius 2 is 1.95 bits per heavy atom. The van der Waals surface area contributed by atoms with Crippen LogP contribution in [0.1, 0.15) is 5.69 Å². The van der Waals surface area contributed by atoms with Crippen molar-refractivity contribution >= 4 is 20.6 Å². The first-order chi connectivity index (χ1) is 9.08. The van der Waals surface area contributed by atoms with Crippen molar-refractivity contribution in [2.24, 2.45) is 0 Å². The highest BCUT2D eigenvalue weighted by Gasteiger charge is 2.13. The molecule has 1 heterocycles. The molecular weight excluding hydrogens is 258 g/mol. The lowest BCUT2D eigenvalue weighted by Gasteiger charge is -2.07. The van der Waals surface area contributed by atoms with E-state index in [2.05, 4.69) is 18.1 Å². The zero-order valence-corrected chi connectivity index (χ0v) is 11.4. The number of pyridine rings is 1. The van der Waals surface area contributed by atoms with Gasteiger partial charge in [-0.25, -0.2) is 8.42 Å². The van der Waals surface area contributed by atoms with Crippen molar-refractivity contribution in [2.45, 2.75) is 11.3 Å². The first-order valence-electron chi connectivity index (χ1n) is 5.90. The summed E-state index contributed by atoms with van der Waals surface area (Å²) in [5, 5.41) is 1.83. The highest BCUT2D eigenvalue weighted by atomic mass is 32.2. The molecule has 3 nitrogen and oxygen atoms in total. The standard InChI is InChI=1S/C15H15NO2S/c1-3-5-15-14-11-13(19(17,18)10-4-2)7-6-12(14)8-9-16-15/h3-4,6-9,11H,1-2,5,10H2. The van der Waals surface area contributed by atoms with Gasteiger partial charge in [0.25, 0.3) is 0 Å². The minimum atomic E-state index is -3.31. The number of benzene rings is 1. The fraction of sp³-hybridized carbons (Fsp3) is 0.133. The Labute approximate surface area is 113 Å². The van der Waals surface area contributed by atoms with Crippen LogP contribution in [0.2, 0.25) is 0 Å². The maximum absolute atomic E-state index is 12.0. The third-order valence-electron chi connectivity index (χ3n) is 2.85. The molecule has 1 aromatic heterocycles. The molecule has 0 amide bonds. The lowest BCUT2D eigenvalue weighted by Crippen LogP contribution is -2.04. The van der Waals surface area contributed by atoms with Crippen molar-refractivity contribution in [1.29, 1.82) is 0 Å². The third kappa shape index (κ3) is 2.74. The number of rotatable bonds is 5. The van der Waals surface area contributed by atoms with Gasteiger partial charge in [0.05, 0.1) is 16.3 Å². The van der Waals surface area contributed by atoms with Crippen molar-refractivity contribution in [3.63, 3.8) is 0 Å². The van der Waals surface area contributed by atoms with Crippen LogP contribution in [0.3, 0.4) is 0 Å². The molecular formula is C15H15NO2S. The van der Waals surface area contributed by atoms with Gasteiger partial charge >= 0.3 is 0 Å². The number of aromatic nitrogens is 1. The van der Waals surface area contributed by atoms with Crippen LogP contribution >= 0.6 is 0 Å². The Morgan fingerprint density at radius 3 is 2.63 bits per heavy atom. The molecule has 98 valence electrons. The van der Waals surface area contributed by atoms with Crippen LogP contribution in [0.25, 0.3) is 10.8 Å². The Hall–Kier alpha value is -1.94. The number of allylic oxidation sites excluding steroid dienone is 1. The van der Waals surface area contributed by atoms with E-state index < -0.39 is 9.84 Å². The largest absolute Gasteiger partial charge is 0.260 e. The summed E-state index contributed by atoms with van der Waals surface area (Å²) in [6, 6.07) is 6.98. The second kappa shape index (κ2) is 5.36. The smallest absolute Gasteiger partial charge is 0.181 e. The van der Waals surface area contributed by atoms with Crippen molar-refractivity contribution in [2.75, 3.05) is 5.75 Å². The normalized spacial score (nSPS) is 11.4. The zero-order valence-electron chi connectivity index (χ0n) is 10.5. The highest BCUT2D eigenvalue weighted by molar-refractivity contribution is 7.91. The molecule has 1 aromatic carbocycles. The summed E-state index contributed by atoms with van der Waals surface area (Å²) in [7, 11) is -3.31. The van der Waals surface area contributed by atoms with Crippen molar-refractivity contribution in [1.82, 2.24) is 4.98 Å². The average molecular weight is 273 g/mol.